The normalized spacial score (nSPS) is 13.4. The molecule has 0 unspecified atom stereocenters. The van der Waals surface area contributed by atoms with Crippen LogP contribution in [-0.4, -0.2) is 19.2 Å². The van der Waals surface area contributed by atoms with Crippen molar-refractivity contribution in [3.8, 4) is 22.4 Å². The number of hydrogen-bond donors (Lipinski definition) is 0. The molecule has 1 aliphatic rings. The maximum Gasteiger partial charge on any atom is 0.175 e. The first kappa shape index (κ1) is 16.3. The van der Waals surface area contributed by atoms with E-state index in [1.807, 2.05) is 18.2 Å². The van der Waals surface area contributed by atoms with Crippen molar-refractivity contribution in [3.63, 3.8) is 0 Å². The molecule has 0 saturated carbocycles. The molecule has 3 aromatic carbocycles. The van der Waals surface area contributed by atoms with E-state index in [4.69, 9.17) is 0 Å². The molecule has 5 rings (SSSR count). The van der Waals surface area contributed by atoms with E-state index in [0.29, 0.717) is 4.90 Å². The lowest BCUT2D eigenvalue weighted by Crippen LogP contribution is -1.98. The molecule has 0 bridgehead atoms. The number of nitrogens with zero attached hydrogens (tertiary/aromatic N) is 1. The van der Waals surface area contributed by atoms with Crippen molar-refractivity contribution in [1.29, 1.82) is 0 Å². The van der Waals surface area contributed by atoms with Crippen LogP contribution in [0.2, 0.25) is 0 Å². The third-order valence-electron chi connectivity index (χ3n) is 5.39. The van der Waals surface area contributed by atoms with Crippen LogP contribution in [-0.2, 0) is 22.8 Å². The molecule has 1 aliphatic heterocycles. The highest BCUT2D eigenvalue weighted by Crippen LogP contribution is 2.44. The van der Waals surface area contributed by atoms with Gasteiger partial charge in [0, 0.05) is 23.8 Å². The van der Waals surface area contributed by atoms with Gasteiger partial charge in [-0.05, 0) is 35.2 Å². The Hall–Kier alpha value is -2.85. The van der Waals surface area contributed by atoms with E-state index < -0.39 is 9.84 Å². The highest BCUT2D eigenvalue weighted by Gasteiger charge is 2.25. The van der Waals surface area contributed by atoms with Crippen LogP contribution >= 0.6 is 0 Å². The highest BCUT2D eigenvalue weighted by atomic mass is 32.2. The molecule has 3 nitrogen and oxygen atoms in total. The van der Waals surface area contributed by atoms with Gasteiger partial charge in [0.1, 0.15) is 0 Å². The van der Waals surface area contributed by atoms with Crippen molar-refractivity contribution >= 4 is 20.7 Å². The van der Waals surface area contributed by atoms with Crippen LogP contribution in [0.3, 0.4) is 0 Å². The summed E-state index contributed by atoms with van der Waals surface area (Å²) in [5.41, 5.74) is 7.30. The van der Waals surface area contributed by atoms with Gasteiger partial charge in [-0.3, -0.25) is 0 Å². The molecule has 0 radical (unpaired) electrons. The molecule has 0 aliphatic carbocycles. The van der Waals surface area contributed by atoms with Gasteiger partial charge in [0.25, 0.3) is 0 Å². The summed E-state index contributed by atoms with van der Waals surface area (Å²) in [7, 11) is -3.20. The molecule has 4 heteroatoms. The van der Waals surface area contributed by atoms with Gasteiger partial charge < -0.3 is 4.57 Å². The Morgan fingerprint density at radius 1 is 0.815 bits per heavy atom. The van der Waals surface area contributed by atoms with Gasteiger partial charge in [-0.25, -0.2) is 8.42 Å². The van der Waals surface area contributed by atoms with Gasteiger partial charge in [-0.1, -0.05) is 60.7 Å². The maximum atomic E-state index is 11.8. The summed E-state index contributed by atoms with van der Waals surface area (Å²) in [6.45, 7) is 0.974. The third kappa shape index (κ3) is 2.52. The van der Waals surface area contributed by atoms with Crippen molar-refractivity contribution < 1.29 is 8.42 Å². The van der Waals surface area contributed by atoms with Crippen LogP contribution in [0.1, 0.15) is 5.56 Å². The van der Waals surface area contributed by atoms with Crippen LogP contribution in [0.5, 0.6) is 0 Å². The van der Waals surface area contributed by atoms with Gasteiger partial charge in [-0.2, -0.15) is 0 Å². The van der Waals surface area contributed by atoms with Gasteiger partial charge >= 0.3 is 0 Å². The average molecular weight is 373 g/mol. The molecule has 0 amide bonds. The van der Waals surface area contributed by atoms with E-state index in [0.717, 1.165) is 18.5 Å². The number of para-hydroxylation sites is 1. The molecule has 0 saturated heterocycles. The number of hydrogen-bond acceptors (Lipinski definition) is 2. The molecule has 134 valence electrons. The van der Waals surface area contributed by atoms with E-state index >= 15 is 0 Å². The first-order chi connectivity index (χ1) is 13.0. The van der Waals surface area contributed by atoms with Gasteiger partial charge in [-0.15, -0.1) is 0 Å². The minimum atomic E-state index is -3.20. The molecular weight excluding hydrogens is 354 g/mol. The summed E-state index contributed by atoms with van der Waals surface area (Å²) in [5, 5.41) is 1.23. The molecule has 4 aromatic rings. The Bertz CT molecular complexity index is 1270. The summed E-state index contributed by atoms with van der Waals surface area (Å²) in [6.07, 6.45) is 2.30. The minimum absolute atomic E-state index is 0.351. The largest absolute Gasteiger partial charge is 0.339 e. The average Bonchev–Trinajstić information content (AvgIpc) is 3.25. The summed E-state index contributed by atoms with van der Waals surface area (Å²) in [4.78, 5) is 0.351. The molecule has 0 spiro atoms. The van der Waals surface area contributed by atoms with Gasteiger partial charge in [0.2, 0.25) is 0 Å². The third-order valence-corrected chi connectivity index (χ3v) is 6.52. The van der Waals surface area contributed by atoms with E-state index in [1.54, 1.807) is 12.1 Å². The number of aryl methyl sites for hydroxylation is 2. The first-order valence-corrected chi connectivity index (χ1v) is 10.9. The van der Waals surface area contributed by atoms with E-state index in [-0.39, 0.29) is 0 Å². The smallest absolute Gasteiger partial charge is 0.175 e. The lowest BCUT2D eigenvalue weighted by Gasteiger charge is -2.11. The maximum absolute atomic E-state index is 11.8. The van der Waals surface area contributed by atoms with Crippen molar-refractivity contribution in [1.82, 2.24) is 4.57 Å². The highest BCUT2D eigenvalue weighted by molar-refractivity contribution is 7.90. The fourth-order valence-electron chi connectivity index (χ4n) is 4.20. The molecule has 0 atom stereocenters. The van der Waals surface area contributed by atoms with Crippen LogP contribution in [0.4, 0.5) is 0 Å². The van der Waals surface area contributed by atoms with E-state index in [1.165, 1.54) is 39.5 Å². The quantitative estimate of drug-likeness (QED) is 0.510. The van der Waals surface area contributed by atoms with Crippen LogP contribution < -0.4 is 0 Å². The Kier molecular flexibility index (Phi) is 3.52. The van der Waals surface area contributed by atoms with E-state index in [2.05, 4.69) is 47.0 Å². The van der Waals surface area contributed by atoms with Crippen molar-refractivity contribution in [2.75, 3.05) is 6.26 Å². The van der Waals surface area contributed by atoms with Crippen molar-refractivity contribution in [2.45, 2.75) is 17.9 Å². The van der Waals surface area contributed by atoms with Crippen LogP contribution in [0.15, 0.2) is 77.7 Å². The number of sulfone groups is 1. The number of benzene rings is 3. The second kappa shape index (κ2) is 5.83. The summed E-state index contributed by atoms with van der Waals surface area (Å²) >= 11 is 0. The Balaban J connectivity index is 1.83. The fourth-order valence-corrected chi connectivity index (χ4v) is 4.83. The Labute approximate surface area is 158 Å². The lowest BCUT2D eigenvalue weighted by molar-refractivity contribution is 0.602. The zero-order chi connectivity index (χ0) is 18.6. The topological polar surface area (TPSA) is 39.1 Å². The monoisotopic (exact) mass is 373 g/mol. The molecule has 2 heterocycles. The number of aromatic nitrogens is 1. The second-order valence-electron chi connectivity index (χ2n) is 7.10. The summed E-state index contributed by atoms with van der Waals surface area (Å²) in [6, 6.07) is 24.2. The second-order valence-corrected chi connectivity index (χ2v) is 9.12. The van der Waals surface area contributed by atoms with Gasteiger partial charge in [0.05, 0.1) is 16.1 Å². The molecule has 27 heavy (non-hydrogen) atoms. The fraction of sp³-hybridized carbons (Fsp3) is 0.130. The predicted octanol–water partition coefficient (Wildman–Crippen LogP) is 4.93. The van der Waals surface area contributed by atoms with Gasteiger partial charge in [0.15, 0.2) is 9.84 Å². The molecular formula is C23H19NO2S. The first-order valence-electron chi connectivity index (χ1n) is 9.04. The predicted molar refractivity (Wildman–Crippen MR) is 110 cm³/mol. The number of rotatable bonds is 3. The molecule has 0 N–H and O–H groups in total. The zero-order valence-corrected chi connectivity index (χ0v) is 15.8. The molecule has 1 aromatic heterocycles. The zero-order valence-electron chi connectivity index (χ0n) is 15.0. The van der Waals surface area contributed by atoms with Crippen molar-refractivity contribution in [3.05, 3.63) is 78.4 Å². The van der Waals surface area contributed by atoms with Crippen LogP contribution in [0.25, 0.3) is 33.3 Å². The Morgan fingerprint density at radius 3 is 2.26 bits per heavy atom. The van der Waals surface area contributed by atoms with Crippen LogP contribution in [0, 0.1) is 0 Å². The summed E-state index contributed by atoms with van der Waals surface area (Å²) < 4.78 is 26.1. The lowest BCUT2D eigenvalue weighted by atomic mass is 9.97. The Morgan fingerprint density at radius 2 is 1.56 bits per heavy atom. The molecule has 0 fully saturated rings. The standard InChI is InChI=1S/C23H19NO2S/c1-27(25,26)19-12-10-16(11-13-19)21-20-9-5-8-18-14-15-24(22(18)20)23(21)17-6-3-2-4-7-17/h2-13H,14-15H2,1H3. The SMILES string of the molecule is CS(=O)(=O)c1ccc(-c2c(-c3ccccc3)n3c4c(cccc24)CC3)cc1. The minimum Gasteiger partial charge on any atom is -0.339 e. The summed E-state index contributed by atoms with van der Waals surface area (Å²) in [5.74, 6) is 0. The van der Waals surface area contributed by atoms with E-state index in [9.17, 15) is 8.42 Å². The van der Waals surface area contributed by atoms with Crippen molar-refractivity contribution in [2.24, 2.45) is 0 Å².